The van der Waals surface area contributed by atoms with Crippen molar-refractivity contribution < 1.29 is 19.0 Å². The second-order valence-electron chi connectivity index (χ2n) is 4.64. The molecule has 0 spiro atoms. The van der Waals surface area contributed by atoms with Gasteiger partial charge in [-0.3, -0.25) is 0 Å². The fourth-order valence-corrected chi connectivity index (χ4v) is 2.02. The lowest BCUT2D eigenvalue weighted by Gasteiger charge is -2.17. The maximum absolute atomic E-state index is 13.2. The molecule has 0 aliphatic carbocycles. The van der Waals surface area contributed by atoms with E-state index >= 15 is 0 Å². The second-order valence-corrected chi connectivity index (χ2v) is 4.64. The van der Waals surface area contributed by atoms with Crippen LogP contribution >= 0.6 is 0 Å². The zero-order chi connectivity index (χ0) is 15.4. The lowest BCUT2D eigenvalue weighted by atomic mass is 10.1. The minimum atomic E-state index is -0.405. The summed E-state index contributed by atoms with van der Waals surface area (Å²) in [6.07, 6.45) is 0. The van der Waals surface area contributed by atoms with Crippen molar-refractivity contribution in [1.29, 1.82) is 0 Å². The number of nitrogens with one attached hydrogen (secondary N) is 1. The van der Waals surface area contributed by atoms with E-state index in [1.54, 1.807) is 24.3 Å². The van der Waals surface area contributed by atoms with Crippen molar-refractivity contribution in [1.82, 2.24) is 0 Å². The molecule has 1 atom stereocenters. The summed E-state index contributed by atoms with van der Waals surface area (Å²) in [4.78, 5) is 11.3. The topological polar surface area (TPSA) is 58.6 Å². The summed E-state index contributed by atoms with van der Waals surface area (Å²) in [5.41, 5.74) is 1.66. The summed E-state index contributed by atoms with van der Waals surface area (Å²) in [6.45, 7) is 1.81. The number of phenols is 1. The van der Waals surface area contributed by atoms with E-state index in [1.165, 1.54) is 25.3 Å². The molecule has 2 aromatic carbocycles. The fraction of sp³-hybridized carbons (Fsp3) is 0.188. The minimum absolute atomic E-state index is 0.0302. The third kappa shape index (κ3) is 3.51. The number of esters is 1. The van der Waals surface area contributed by atoms with Crippen LogP contribution < -0.4 is 5.32 Å². The van der Waals surface area contributed by atoms with Gasteiger partial charge in [-0.05, 0) is 49.4 Å². The standard InChI is InChI=1S/C16H16FNO3/c1-10(14-9-12(17)5-8-15(14)19)18-13-6-3-11(4-7-13)16(20)21-2/h3-10,18-19H,1-2H3. The van der Waals surface area contributed by atoms with Gasteiger partial charge < -0.3 is 15.2 Å². The summed E-state index contributed by atoms with van der Waals surface area (Å²) >= 11 is 0. The van der Waals surface area contributed by atoms with Crippen LogP contribution in [-0.4, -0.2) is 18.2 Å². The zero-order valence-electron chi connectivity index (χ0n) is 11.8. The Hall–Kier alpha value is -2.56. The number of ether oxygens (including phenoxy) is 1. The number of aromatic hydroxyl groups is 1. The normalized spacial score (nSPS) is 11.8. The van der Waals surface area contributed by atoms with Gasteiger partial charge in [-0.15, -0.1) is 0 Å². The van der Waals surface area contributed by atoms with Gasteiger partial charge in [0.05, 0.1) is 18.7 Å². The van der Waals surface area contributed by atoms with E-state index in [4.69, 9.17) is 0 Å². The number of hydrogen-bond donors (Lipinski definition) is 2. The lowest BCUT2D eigenvalue weighted by Crippen LogP contribution is -2.08. The van der Waals surface area contributed by atoms with Gasteiger partial charge >= 0.3 is 5.97 Å². The highest BCUT2D eigenvalue weighted by atomic mass is 19.1. The molecule has 0 radical (unpaired) electrons. The van der Waals surface area contributed by atoms with E-state index < -0.39 is 11.8 Å². The molecule has 2 N–H and O–H groups in total. The van der Waals surface area contributed by atoms with Crippen molar-refractivity contribution in [3.05, 3.63) is 59.4 Å². The Morgan fingerprint density at radius 1 is 1.24 bits per heavy atom. The van der Waals surface area contributed by atoms with Crippen molar-refractivity contribution in [2.75, 3.05) is 12.4 Å². The average molecular weight is 289 g/mol. The third-order valence-electron chi connectivity index (χ3n) is 3.15. The Morgan fingerprint density at radius 2 is 1.90 bits per heavy atom. The molecule has 21 heavy (non-hydrogen) atoms. The highest BCUT2D eigenvalue weighted by Gasteiger charge is 2.12. The Morgan fingerprint density at radius 3 is 2.52 bits per heavy atom. The van der Waals surface area contributed by atoms with Gasteiger partial charge in [0.1, 0.15) is 11.6 Å². The van der Waals surface area contributed by atoms with Gasteiger partial charge in [-0.25, -0.2) is 9.18 Å². The molecule has 0 aliphatic rings. The van der Waals surface area contributed by atoms with E-state index in [0.717, 1.165) is 5.69 Å². The Kier molecular flexibility index (Phi) is 4.42. The first kappa shape index (κ1) is 14.8. The van der Waals surface area contributed by atoms with E-state index in [0.29, 0.717) is 11.1 Å². The van der Waals surface area contributed by atoms with Crippen molar-refractivity contribution >= 4 is 11.7 Å². The maximum Gasteiger partial charge on any atom is 0.337 e. The predicted octanol–water partition coefficient (Wildman–Crippen LogP) is 3.49. The number of phenolic OH excluding ortho intramolecular Hbond substituents is 1. The first-order valence-corrected chi connectivity index (χ1v) is 6.44. The molecular weight excluding hydrogens is 273 g/mol. The number of carbonyl (C=O) groups excluding carboxylic acids is 1. The molecule has 0 aliphatic heterocycles. The number of rotatable bonds is 4. The number of methoxy groups -OCH3 is 1. The summed E-state index contributed by atoms with van der Waals surface area (Å²) < 4.78 is 17.9. The molecule has 0 saturated heterocycles. The molecule has 0 aromatic heterocycles. The summed E-state index contributed by atoms with van der Waals surface area (Å²) in [7, 11) is 1.32. The van der Waals surface area contributed by atoms with Gasteiger partial charge in [-0.2, -0.15) is 0 Å². The number of hydrogen-bond acceptors (Lipinski definition) is 4. The summed E-state index contributed by atoms with van der Waals surface area (Å²) in [6, 6.07) is 10.2. The molecular formula is C16H16FNO3. The van der Waals surface area contributed by atoms with Crippen molar-refractivity contribution in [2.45, 2.75) is 13.0 Å². The smallest absolute Gasteiger partial charge is 0.337 e. The van der Waals surface area contributed by atoms with Gasteiger partial charge in [0.25, 0.3) is 0 Å². The number of halogens is 1. The average Bonchev–Trinajstić information content (AvgIpc) is 2.49. The molecule has 0 amide bonds. The largest absolute Gasteiger partial charge is 0.508 e. The Labute approximate surface area is 122 Å². The van der Waals surface area contributed by atoms with Crippen LogP contribution in [0.4, 0.5) is 10.1 Å². The van der Waals surface area contributed by atoms with E-state index in [9.17, 15) is 14.3 Å². The monoisotopic (exact) mass is 289 g/mol. The molecule has 110 valence electrons. The van der Waals surface area contributed by atoms with E-state index in [2.05, 4.69) is 10.1 Å². The fourth-order valence-electron chi connectivity index (χ4n) is 2.02. The first-order valence-electron chi connectivity index (χ1n) is 6.44. The highest BCUT2D eigenvalue weighted by molar-refractivity contribution is 5.89. The Balaban J connectivity index is 2.14. The third-order valence-corrected chi connectivity index (χ3v) is 3.15. The van der Waals surface area contributed by atoms with Crippen LogP contribution in [0.15, 0.2) is 42.5 Å². The highest BCUT2D eigenvalue weighted by Crippen LogP contribution is 2.27. The molecule has 2 aromatic rings. The molecule has 0 heterocycles. The van der Waals surface area contributed by atoms with Gasteiger partial charge in [0, 0.05) is 11.3 Å². The first-order chi connectivity index (χ1) is 10.0. The van der Waals surface area contributed by atoms with Gasteiger partial charge in [0.2, 0.25) is 0 Å². The van der Waals surface area contributed by atoms with Crippen LogP contribution in [0.5, 0.6) is 5.75 Å². The molecule has 0 bridgehead atoms. The van der Waals surface area contributed by atoms with Crippen LogP contribution in [0.1, 0.15) is 28.9 Å². The molecule has 2 rings (SSSR count). The second kappa shape index (κ2) is 6.26. The van der Waals surface area contributed by atoms with Crippen LogP contribution in [0.3, 0.4) is 0 Å². The van der Waals surface area contributed by atoms with E-state index in [1.807, 2.05) is 6.92 Å². The summed E-state index contributed by atoms with van der Waals surface area (Å²) in [5.74, 6) is -0.780. The van der Waals surface area contributed by atoms with Crippen LogP contribution in [-0.2, 0) is 4.74 Å². The van der Waals surface area contributed by atoms with Gasteiger partial charge in [0.15, 0.2) is 0 Å². The van der Waals surface area contributed by atoms with Crippen molar-refractivity contribution in [3.63, 3.8) is 0 Å². The van der Waals surface area contributed by atoms with Gasteiger partial charge in [-0.1, -0.05) is 0 Å². The SMILES string of the molecule is COC(=O)c1ccc(NC(C)c2cc(F)ccc2O)cc1. The molecule has 1 unspecified atom stereocenters. The predicted molar refractivity (Wildman–Crippen MR) is 77.9 cm³/mol. The van der Waals surface area contributed by atoms with Crippen molar-refractivity contribution in [2.24, 2.45) is 0 Å². The summed E-state index contributed by atoms with van der Waals surface area (Å²) in [5, 5.41) is 12.9. The zero-order valence-corrected chi connectivity index (χ0v) is 11.8. The molecule has 5 heteroatoms. The van der Waals surface area contributed by atoms with E-state index in [-0.39, 0.29) is 11.8 Å². The quantitative estimate of drug-likeness (QED) is 0.846. The number of benzene rings is 2. The Bertz CT molecular complexity index is 640. The lowest BCUT2D eigenvalue weighted by molar-refractivity contribution is 0.0601. The van der Waals surface area contributed by atoms with Crippen LogP contribution in [0.2, 0.25) is 0 Å². The molecule has 0 saturated carbocycles. The molecule has 0 fully saturated rings. The minimum Gasteiger partial charge on any atom is -0.508 e. The van der Waals surface area contributed by atoms with Crippen LogP contribution in [0, 0.1) is 5.82 Å². The number of carbonyl (C=O) groups is 1. The van der Waals surface area contributed by atoms with Crippen molar-refractivity contribution in [3.8, 4) is 5.75 Å². The number of anilines is 1. The van der Waals surface area contributed by atoms with Crippen LogP contribution in [0.25, 0.3) is 0 Å². The molecule has 4 nitrogen and oxygen atoms in total. The maximum atomic E-state index is 13.2.